The van der Waals surface area contributed by atoms with Crippen LogP contribution in [0.3, 0.4) is 0 Å². The summed E-state index contributed by atoms with van der Waals surface area (Å²) in [5.41, 5.74) is 5.44. The molecule has 5 atom stereocenters. The number of carboxylic acids is 1. The number of nitrogens with two attached hydrogens (primary N) is 1. The lowest BCUT2D eigenvalue weighted by atomic mass is 10.2. The van der Waals surface area contributed by atoms with Crippen LogP contribution in [0.2, 0.25) is 0 Å². The van der Waals surface area contributed by atoms with Gasteiger partial charge in [-0.3, -0.25) is 4.79 Å². The zero-order chi connectivity index (χ0) is 13.0. The summed E-state index contributed by atoms with van der Waals surface area (Å²) in [6.07, 6.45) is 3.72. The number of carboxylic acid groups (broad SMARTS) is 1. The third-order valence-electron chi connectivity index (χ3n) is 2.83. The van der Waals surface area contributed by atoms with Crippen LogP contribution in [0.4, 0.5) is 0 Å². The maximum Gasteiger partial charge on any atom is 0.320 e. The summed E-state index contributed by atoms with van der Waals surface area (Å²) in [4.78, 5) is 10.6. The van der Waals surface area contributed by atoms with Crippen LogP contribution in [0.1, 0.15) is 13.3 Å². The van der Waals surface area contributed by atoms with Gasteiger partial charge in [0, 0.05) is 12.8 Å². The zero-order valence-electron chi connectivity index (χ0n) is 10.2. The molecule has 1 radical (unpaired) electrons. The van der Waals surface area contributed by atoms with Gasteiger partial charge in [0.1, 0.15) is 23.7 Å². The number of carbonyl (C=O) groups is 1. The fourth-order valence-electron chi connectivity index (χ4n) is 1.69. The highest BCUT2D eigenvalue weighted by Crippen LogP contribution is 2.20. The normalized spacial score (nSPS) is 32.4. The minimum Gasteiger partial charge on any atom is -0.480 e. The van der Waals surface area contributed by atoms with Crippen molar-refractivity contribution in [3.05, 3.63) is 6.42 Å². The van der Waals surface area contributed by atoms with Crippen LogP contribution < -0.4 is 5.73 Å². The molecular formula is C11H21NO4S+. The number of hydrogen-bond acceptors (Lipinski definition) is 4. The van der Waals surface area contributed by atoms with Gasteiger partial charge in [-0.1, -0.05) is 0 Å². The van der Waals surface area contributed by atoms with E-state index in [0.29, 0.717) is 6.42 Å². The number of aliphatic hydroxyl groups is 1. The van der Waals surface area contributed by atoms with Gasteiger partial charge in [0.2, 0.25) is 0 Å². The van der Waals surface area contributed by atoms with Crippen molar-refractivity contribution in [2.45, 2.75) is 37.7 Å². The summed E-state index contributed by atoms with van der Waals surface area (Å²) >= 11 is 0. The molecule has 4 N–H and O–H groups in total. The van der Waals surface area contributed by atoms with Crippen LogP contribution in [0.15, 0.2) is 0 Å². The minimum atomic E-state index is -0.949. The first-order chi connectivity index (χ1) is 7.90. The van der Waals surface area contributed by atoms with Crippen LogP contribution >= 0.6 is 0 Å². The Labute approximate surface area is 105 Å². The fraction of sp³-hybridized carbons (Fsp3) is 0.818. The largest absolute Gasteiger partial charge is 0.480 e. The average Bonchev–Trinajstić information content (AvgIpc) is 2.54. The molecular weight excluding hydrogens is 242 g/mol. The molecule has 6 heteroatoms. The summed E-state index contributed by atoms with van der Waals surface area (Å²) in [5.74, 6) is 0.661. The van der Waals surface area contributed by atoms with Gasteiger partial charge in [-0.05, 0) is 17.8 Å². The van der Waals surface area contributed by atoms with E-state index in [4.69, 9.17) is 15.6 Å². The van der Waals surface area contributed by atoms with Crippen LogP contribution in [0.25, 0.3) is 0 Å². The Hall–Kier alpha value is -0.300. The monoisotopic (exact) mass is 263 g/mol. The Morgan fingerprint density at radius 3 is 2.76 bits per heavy atom. The highest BCUT2D eigenvalue weighted by Gasteiger charge is 2.34. The van der Waals surface area contributed by atoms with E-state index in [9.17, 15) is 9.90 Å². The van der Waals surface area contributed by atoms with E-state index in [1.165, 1.54) is 0 Å². The number of hydrogen-bond donors (Lipinski definition) is 3. The topological polar surface area (TPSA) is 92.8 Å². The van der Waals surface area contributed by atoms with Crippen molar-refractivity contribution in [2.24, 2.45) is 5.73 Å². The molecule has 1 heterocycles. The van der Waals surface area contributed by atoms with Crippen molar-refractivity contribution in [3.63, 3.8) is 0 Å². The van der Waals surface area contributed by atoms with E-state index in [1.807, 2.05) is 13.3 Å². The molecule has 0 bridgehead atoms. The Bertz CT molecular complexity index is 254. The number of aliphatic carboxylic acids is 1. The van der Waals surface area contributed by atoms with Crippen molar-refractivity contribution in [3.8, 4) is 0 Å². The van der Waals surface area contributed by atoms with Gasteiger partial charge in [-0.25, -0.2) is 0 Å². The second-order valence-corrected chi connectivity index (χ2v) is 6.75. The first-order valence-corrected chi connectivity index (χ1v) is 7.63. The quantitative estimate of drug-likeness (QED) is 0.556. The van der Waals surface area contributed by atoms with Gasteiger partial charge in [0.05, 0.1) is 18.5 Å². The first-order valence-electron chi connectivity index (χ1n) is 5.66. The molecule has 99 valence electrons. The first kappa shape index (κ1) is 14.8. The SMILES string of the molecule is CC1OC(C[S+](C)CC[C@@H](N)C(=O)O)[CH][C@H]1O. The molecule has 5 nitrogen and oxygen atoms in total. The molecule has 1 saturated heterocycles. The highest BCUT2D eigenvalue weighted by molar-refractivity contribution is 7.96. The van der Waals surface area contributed by atoms with Gasteiger partial charge in [0.25, 0.3) is 0 Å². The lowest BCUT2D eigenvalue weighted by Crippen LogP contribution is -2.33. The molecule has 0 aromatic heterocycles. The second kappa shape index (κ2) is 6.58. The summed E-state index contributed by atoms with van der Waals surface area (Å²) in [5, 5.41) is 18.2. The maximum atomic E-state index is 10.6. The Morgan fingerprint density at radius 2 is 2.29 bits per heavy atom. The van der Waals surface area contributed by atoms with Crippen molar-refractivity contribution < 1.29 is 19.7 Å². The molecule has 0 aromatic rings. The third kappa shape index (κ3) is 4.83. The van der Waals surface area contributed by atoms with Crippen molar-refractivity contribution in [1.82, 2.24) is 0 Å². The second-order valence-electron chi connectivity index (χ2n) is 4.45. The Kier molecular flexibility index (Phi) is 5.72. The molecule has 1 fully saturated rings. The van der Waals surface area contributed by atoms with Gasteiger partial charge in [0.15, 0.2) is 0 Å². The molecule has 0 amide bonds. The molecule has 1 rings (SSSR count). The maximum absolute atomic E-state index is 10.6. The van der Waals surface area contributed by atoms with E-state index in [-0.39, 0.29) is 23.1 Å². The third-order valence-corrected chi connectivity index (χ3v) is 4.66. The lowest BCUT2D eigenvalue weighted by Gasteiger charge is -2.11. The highest BCUT2D eigenvalue weighted by atomic mass is 32.2. The van der Waals surface area contributed by atoms with E-state index in [1.54, 1.807) is 0 Å². The summed E-state index contributed by atoms with van der Waals surface area (Å²) in [6.45, 7) is 1.84. The number of rotatable bonds is 6. The molecule has 0 saturated carbocycles. The van der Waals surface area contributed by atoms with Gasteiger partial charge in [-0.15, -0.1) is 0 Å². The standard InChI is InChI=1S/C11H20NO4S/c1-7-10(13)5-8(16-7)6-17(2)4-3-9(12)11(14)15/h5,7-10,13H,3-4,6,12H2,1-2H3/p+1/t7?,8?,9-,10-,17?/m1/s1. The molecule has 0 aliphatic carbocycles. The van der Waals surface area contributed by atoms with Gasteiger partial charge < -0.3 is 20.7 Å². The Morgan fingerprint density at radius 1 is 1.65 bits per heavy atom. The van der Waals surface area contributed by atoms with Gasteiger partial charge >= 0.3 is 5.97 Å². The van der Waals surface area contributed by atoms with E-state index in [2.05, 4.69) is 6.26 Å². The van der Waals surface area contributed by atoms with Crippen LogP contribution in [0, 0.1) is 6.42 Å². The zero-order valence-corrected chi connectivity index (χ0v) is 11.0. The van der Waals surface area contributed by atoms with Gasteiger partial charge in [-0.2, -0.15) is 0 Å². The predicted molar refractivity (Wildman–Crippen MR) is 67.9 cm³/mol. The Balaban J connectivity index is 2.21. The van der Waals surface area contributed by atoms with Crippen LogP contribution in [0.5, 0.6) is 0 Å². The summed E-state index contributed by atoms with van der Waals surface area (Å²) in [7, 11) is 0.0625. The van der Waals surface area contributed by atoms with Crippen LogP contribution in [-0.2, 0) is 20.4 Å². The number of aliphatic hydroxyl groups excluding tert-OH is 1. The van der Waals surface area contributed by atoms with E-state index < -0.39 is 18.1 Å². The molecule has 1 aliphatic heterocycles. The number of ether oxygens (including phenoxy) is 1. The molecule has 1 aliphatic rings. The molecule has 0 aromatic carbocycles. The fourth-order valence-corrected chi connectivity index (χ4v) is 3.26. The van der Waals surface area contributed by atoms with E-state index in [0.717, 1.165) is 11.5 Å². The van der Waals surface area contributed by atoms with E-state index >= 15 is 0 Å². The van der Waals surface area contributed by atoms with Crippen molar-refractivity contribution in [1.29, 1.82) is 0 Å². The van der Waals surface area contributed by atoms with Crippen molar-refractivity contribution in [2.75, 3.05) is 17.8 Å². The smallest absolute Gasteiger partial charge is 0.320 e. The minimum absolute atomic E-state index is 0.0191. The summed E-state index contributed by atoms with van der Waals surface area (Å²) in [6, 6.07) is -0.775. The predicted octanol–water partition coefficient (Wildman–Crippen LogP) is -0.611. The molecule has 0 spiro atoms. The van der Waals surface area contributed by atoms with Crippen LogP contribution in [-0.4, -0.2) is 58.3 Å². The summed E-state index contributed by atoms with van der Waals surface area (Å²) < 4.78 is 5.55. The lowest BCUT2D eigenvalue weighted by molar-refractivity contribution is -0.138. The van der Waals surface area contributed by atoms with Crippen molar-refractivity contribution >= 4 is 16.9 Å². The average molecular weight is 263 g/mol. The molecule has 3 unspecified atom stereocenters. The molecule has 17 heavy (non-hydrogen) atoms.